The van der Waals surface area contributed by atoms with Crippen molar-refractivity contribution in [2.24, 2.45) is 0 Å². The molecule has 0 aromatic heterocycles. The highest BCUT2D eigenvalue weighted by Gasteiger charge is 2.12. The van der Waals surface area contributed by atoms with Crippen LogP contribution >= 0.6 is 23.2 Å². The summed E-state index contributed by atoms with van der Waals surface area (Å²) in [7, 11) is 0. The fraction of sp³-hybridized carbons (Fsp3) is 0.0455. The molecule has 0 aliphatic heterocycles. The van der Waals surface area contributed by atoms with Gasteiger partial charge in [-0.1, -0.05) is 71.7 Å². The van der Waals surface area contributed by atoms with Crippen LogP contribution < -0.4 is 4.74 Å². The molecule has 5 heteroatoms. The van der Waals surface area contributed by atoms with Crippen LogP contribution in [0.3, 0.4) is 0 Å². The first-order valence-corrected chi connectivity index (χ1v) is 8.86. The van der Waals surface area contributed by atoms with Gasteiger partial charge in [0.15, 0.2) is 0 Å². The summed E-state index contributed by atoms with van der Waals surface area (Å²) in [5, 5.41) is 10.2. The Balaban J connectivity index is 1.99. The van der Waals surface area contributed by atoms with Crippen LogP contribution in [0.15, 0.2) is 66.7 Å². The summed E-state index contributed by atoms with van der Waals surface area (Å²) in [5.41, 5.74) is 2.15. The Morgan fingerprint density at radius 3 is 2.44 bits per heavy atom. The summed E-state index contributed by atoms with van der Waals surface area (Å²) in [6.45, 7) is 0.00207. The lowest BCUT2D eigenvalue weighted by Gasteiger charge is -2.13. The minimum Gasteiger partial charge on any atom is -0.487 e. The molecule has 0 saturated carbocycles. The van der Waals surface area contributed by atoms with Gasteiger partial charge in [0.1, 0.15) is 18.2 Å². The third-order valence-corrected chi connectivity index (χ3v) is 4.37. The average molecular weight is 398 g/mol. The fourth-order valence-corrected chi connectivity index (χ4v) is 3.12. The fourth-order valence-electron chi connectivity index (χ4n) is 2.56. The molecule has 3 aromatic carbocycles. The van der Waals surface area contributed by atoms with Crippen LogP contribution in [-0.2, 0) is 6.61 Å². The van der Waals surface area contributed by atoms with Gasteiger partial charge in [-0.15, -0.1) is 0 Å². The van der Waals surface area contributed by atoms with Gasteiger partial charge in [-0.25, -0.2) is 4.39 Å². The number of allylic oxidation sites excluding steroid dienone is 1. The Hall–Kier alpha value is -2.80. The standard InChI is InChI=1S/C22H14Cl2FNO/c23-19-11-17(10-18(13-26)15-6-2-1-3-7-15)22(20(24)12-19)27-14-16-8-4-5-9-21(16)25/h1-12H,14H2/b18-10+. The number of benzene rings is 3. The molecule has 27 heavy (non-hydrogen) atoms. The van der Waals surface area contributed by atoms with E-state index >= 15 is 0 Å². The van der Waals surface area contributed by atoms with Crippen molar-refractivity contribution in [2.75, 3.05) is 0 Å². The molecular weight excluding hydrogens is 384 g/mol. The number of rotatable bonds is 5. The number of hydrogen-bond donors (Lipinski definition) is 0. The van der Waals surface area contributed by atoms with E-state index in [-0.39, 0.29) is 17.4 Å². The maximum absolute atomic E-state index is 13.9. The van der Waals surface area contributed by atoms with E-state index in [4.69, 9.17) is 27.9 Å². The van der Waals surface area contributed by atoms with Gasteiger partial charge in [0.05, 0.1) is 16.7 Å². The second-order valence-electron chi connectivity index (χ2n) is 5.72. The number of ether oxygens (including phenoxy) is 1. The van der Waals surface area contributed by atoms with Crippen molar-refractivity contribution >= 4 is 34.9 Å². The molecule has 0 fully saturated rings. The van der Waals surface area contributed by atoms with Crippen LogP contribution in [0.25, 0.3) is 11.6 Å². The van der Waals surface area contributed by atoms with Crippen molar-refractivity contribution in [1.29, 1.82) is 5.26 Å². The minimum atomic E-state index is -0.360. The zero-order valence-corrected chi connectivity index (χ0v) is 15.6. The van der Waals surface area contributed by atoms with Crippen molar-refractivity contribution in [3.8, 4) is 11.8 Å². The quantitative estimate of drug-likeness (QED) is 0.351. The van der Waals surface area contributed by atoms with Crippen LogP contribution in [0.4, 0.5) is 4.39 Å². The Morgan fingerprint density at radius 1 is 1.04 bits per heavy atom. The Kier molecular flexibility index (Phi) is 6.13. The molecular formula is C22H14Cl2FNO. The molecule has 0 radical (unpaired) electrons. The molecule has 0 spiro atoms. The van der Waals surface area contributed by atoms with Crippen LogP contribution in [0.5, 0.6) is 5.75 Å². The van der Waals surface area contributed by atoms with E-state index in [1.54, 1.807) is 36.4 Å². The number of hydrogen-bond acceptors (Lipinski definition) is 2. The molecule has 134 valence electrons. The molecule has 0 saturated heterocycles. The van der Waals surface area contributed by atoms with Crippen LogP contribution in [0.2, 0.25) is 10.0 Å². The lowest BCUT2D eigenvalue weighted by Crippen LogP contribution is -2.00. The largest absolute Gasteiger partial charge is 0.487 e. The molecule has 3 aromatic rings. The first kappa shape index (κ1) is 19.0. The van der Waals surface area contributed by atoms with Crippen molar-refractivity contribution in [3.05, 3.63) is 99.3 Å². The zero-order valence-electron chi connectivity index (χ0n) is 14.1. The summed E-state index contributed by atoms with van der Waals surface area (Å²) >= 11 is 12.4. The third-order valence-electron chi connectivity index (χ3n) is 3.87. The molecule has 3 rings (SSSR count). The lowest BCUT2D eigenvalue weighted by atomic mass is 10.0. The molecule has 0 bridgehead atoms. The van der Waals surface area contributed by atoms with E-state index in [1.807, 2.05) is 30.3 Å². The van der Waals surface area contributed by atoms with Gasteiger partial charge in [-0.3, -0.25) is 0 Å². The summed E-state index contributed by atoms with van der Waals surface area (Å²) in [5.74, 6) is -0.0188. The Bertz CT molecular complexity index is 1030. The summed E-state index contributed by atoms with van der Waals surface area (Å²) in [6.07, 6.45) is 1.66. The topological polar surface area (TPSA) is 33.0 Å². The van der Waals surface area contributed by atoms with Gasteiger partial charge in [-0.05, 0) is 29.8 Å². The molecule has 0 atom stereocenters. The van der Waals surface area contributed by atoms with E-state index in [9.17, 15) is 9.65 Å². The van der Waals surface area contributed by atoms with E-state index in [0.717, 1.165) is 5.56 Å². The average Bonchev–Trinajstić information content (AvgIpc) is 2.67. The molecule has 0 amide bonds. The van der Waals surface area contributed by atoms with Gasteiger partial charge >= 0.3 is 0 Å². The highest BCUT2D eigenvalue weighted by molar-refractivity contribution is 6.36. The monoisotopic (exact) mass is 397 g/mol. The van der Waals surface area contributed by atoms with Crippen molar-refractivity contribution in [2.45, 2.75) is 6.61 Å². The van der Waals surface area contributed by atoms with E-state index in [1.165, 1.54) is 6.07 Å². The second-order valence-corrected chi connectivity index (χ2v) is 6.57. The highest BCUT2D eigenvalue weighted by atomic mass is 35.5. The Labute approximate surface area is 167 Å². The summed E-state index contributed by atoms with van der Waals surface area (Å²) in [4.78, 5) is 0. The van der Waals surface area contributed by atoms with Gasteiger partial charge in [0, 0.05) is 16.1 Å². The molecule has 0 unspecified atom stereocenters. The van der Waals surface area contributed by atoms with E-state index < -0.39 is 0 Å². The van der Waals surface area contributed by atoms with Crippen molar-refractivity contribution < 1.29 is 9.13 Å². The zero-order chi connectivity index (χ0) is 19.2. The van der Waals surface area contributed by atoms with Crippen LogP contribution in [0.1, 0.15) is 16.7 Å². The normalized spacial score (nSPS) is 11.1. The summed E-state index contributed by atoms with van der Waals surface area (Å²) in [6, 6.07) is 21.0. The minimum absolute atomic E-state index is 0.00207. The van der Waals surface area contributed by atoms with Gasteiger partial charge in [-0.2, -0.15) is 5.26 Å². The molecule has 2 nitrogen and oxygen atoms in total. The maximum Gasteiger partial charge on any atom is 0.145 e. The van der Waals surface area contributed by atoms with Crippen LogP contribution in [-0.4, -0.2) is 0 Å². The third kappa shape index (κ3) is 4.68. The van der Waals surface area contributed by atoms with Gasteiger partial charge in [0.2, 0.25) is 0 Å². The predicted octanol–water partition coefficient (Wildman–Crippen LogP) is 6.78. The first-order chi connectivity index (χ1) is 13.1. The number of halogens is 3. The summed E-state index contributed by atoms with van der Waals surface area (Å²) < 4.78 is 19.6. The lowest BCUT2D eigenvalue weighted by molar-refractivity contribution is 0.299. The first-order valence-electron chi connectivity index (χ1n) is 8.11. The smallest absolute Gasteiger partial charge is 0.145 e. The van der Waals surface area contributed by atoms with Gasteiger partial charge < -0.3 is 4.74 Å². The SMILES string of the molecule is N#C/C(=C\c1cc(Cl)cc(Cl)c1OCc1ccccc1F)c1ccccc1. The predicted molar refractivity (Wildman–Crippen MR) is 107 cm³/mol. The number of nitriles is 1. The van der Waals surface area contributed by atoms with Crippen molar-refractivity contribution in [3.63, 3.8) is 0 Å². The molecule has 0 heterocycles. The molecule has 0 aliphatic rings. The Morgan fingerprint density at radius 2 is 1.74 bits per heavy atom. The van der Waals surface area contributed by atoms with Crippen molar-refractivity contribution in [1.82, 2.24) is 0 Å². The van der Waals surface area contributed by atoms with Gasteiger partial charge in [0.25, 0.3) is 0 Å². The van der Waals surface area contributed by atoms with E-state index in [0.29, 0.717) is 27.5 Å². The molecule has 0 aliphatic carbocycles. The highest BCUT2D eigenvalue weighted by Crippen LogP contribution is 2.35. The maximum atomic E-state index is 13.9. The van der Waals surface area contributed by atoms with Crippen LogP contribution in [0, 0.1) is 17.1 Å². The molecule has 0 N–H and O–H groups in total. The second kappa shape index (κ2) is 8.73. The number of nitrogens with zero attached hydrogens (tertiary/aromatic N) is 1. The van der Waals surface area contributed by atoms with E-state index in [2.05, 4.69) is 6.07 Å².